The number of ketones is 1. The molecule has 4 nitrogen and oxygen atoms in total. The van der Waals surface area contributed by atoms with Crippen molar-refractivity contribution >= 4 is 27.6 Å². The van der Waals surface area contributed by atoms with Crippen LogP contribution in [0.4, 0.5) is 0 Å². The third-order valence-corrected chi connectivity index (χ3v) is 11.4. The molecule has 4 aromatic rings. The SMILES string of the molecule is C.CC1CCC(C(=O)C=C(O)C2CCC(C)CC2)CC1.Cc1nc2ccc(C3CCC(C)CC3)cc2nc1-c1[c-]ccc2ccccc12.[Ir]. The van der Waals surface area contributed by atoms with Crippen LogP contribution in [0.15, 0.2) is 66.4 Å². The topological polar surface area (TPSA) is 63.1 Å². The molecule has 265 valence electrons. The fourth-order valence-electron chi connectivity index (χ4n) is 8.08. The molecule has 3 fully saturated rings. The standard InChI is InChI=1S/C26H25N2.C17H28O2.CH4.Ir/c1-17-10-12-19(13-11-17)21-14-15-24-25(16-21)28-26(18(2)27-24)23-9-5-7-20-6-3-4-8-22(20)23;1-12-3-7-14(8-4-12)16(18)11-17(19)15-9-5-13(2)6-10-15;;/h3-8,14-17,19H,10-13H2,1-2H3;11-15,18H,3-10H2,1-2H3;1H4;/q-1;;;. The fraction of sp³-hybridized carbons (Fsp3) is 0.523. The monoisotopic (exact) mass is 838 g/mol. The smallest absolute Gasteiger partial charge is 0.162 e. The van der Waals surface area contributed by atoms with E-state index < -0.39 is 0 Å². The van der Waals surface area contributed by atoms with Gasteiger partial charge in [-0.25, -0.2) is 0 Å². The average Bonchev–Trinajstić information content (AvgIpc) is 3.09. The van der Waals surface area contributed by atoms with E-state index in [1.807, 2.05) is 13.0 Å². The maximum Gasteiger partial charge on any atom is 0.162 e. The molecule has 0 bridgehead atoms. The van der Waals surface area contributed by atoms with Gasteiger partial charge in [-0.1, -0.05) is 102 Å². The number of allylic oxidation sites excluding steroid dienone is 2. The number of hydrogen-bond donors (Lipinski definition) is 1. The van der Waals surface area contributed by atoms with E-state index in [0.29, 0.717) is 11.7 Å². The van der Waals surface area contributed by atoms with Crippen molar-refractivity contribution in [3.63, 3.8) is 0 Å². The second-order valence-corrected chi connectivity index (χ2v) is 15.2. The molecule has 0 saturated heterocycles. The Hall–Kier alpha value is -2.88. The normalized spacial score (nSPS) is 25.8. The van der Waals surface area contributed by atoms with Gasteiger partial charge in [-0.05, 0) is 86.8 Å². The van der Waals surface area contributed by atoms with Gasteiger partial charge >= 0.3 is 0 Å². The molecule has 3 saturated carbocycles. The van der Waals surface area contributed by atoms with Crippen LogP contribution in [0.5, 0.6) is 0 Å². The van der Waals surface area contributed by atoms with Gasteiger partial charge in [-0.15, -0.1) is 29.1 Å². The second kappa shape index (κ2) is 17.9. The molecule has 3 aliphatic carbocycles. The van der Waals surface area contributed by atoms with Gasteiger partial charge in [0.1, 0.15) is 0 Å². The molecular weight excluding hydrogens is 781 g/mol. The number of aliphatic hydroxyl groups is 1. The van der Waals surface area contributed by atoms with Crippen LogP contribution < -0.4 is 0 Å². The predicted molar refractivity (Wildman–Crippen MR) is 201 cm³/mol. The Balaban J connectivity index is 0.000000228. The first-order chi connectivity index (χ1) is 22.7. The van der Waals surface area contributed by atoms with Crippen molar-refractivity contribution in [3.8, 4) is 11.3 Å². The molecule has 1 radical (unpaired) electrons. The summed E-state index contributed by atoms with van der Waals surface area (Å²) in [5.41, 5.74) is 6.35. The molecule has 0 unspecified atom stereocenters. The van der Waals surface area contributed by atoms with Crippen LogP contribution in [-0.2, 0) is 24.9 Å². The second-order valence-electron chi connectivity index (χ2n) is 15.2. The molecular formula is C44H57IrN2O2-. The molecule has 0 aliphatic heterocycles. The number of nitrogens with zero attached hydrogens (tertiary/aromatic N) is 2. The quantitative estimate of drug-likeness (QED) is 0.124. The molecule has 0 amide bonds. The third-order valence-electron chi connectivity index (χ3n) is 11.4. The van der Waals surface area contributed by atoms with Gasteiger partial charge in [-0.3, -0.25) is 14.8 Å². The van der Waals surface area contributed by atoms with E-state index in [0.717, 1.165) is 84.3 Å². The van der Waals surface area contributed by atoms with Crippen LogP contribution >= 0.6 is 0 Å². The third kappa shape index (κ3) is 9.67. The van der Waals surface area contributed by atoms with Crippen molar-refractivity contribution in [1.82, 2.24) is 9.97 Å². The Morgan fingerprint density at radius 1 is 0.755 bits per heavy atom. The van der Waals surface area contributed by atoms with Gasteiger partial charge in [0.05, 0.1) is 16.8 Å². The number of hydrogen-bond acceptors (Lipinski definition) is 4. The van der Waals surface area contributed by atoms with Crippen LogP contribution in [0.3, 0.4) is 0 Å². The van der Waals surface area contributed by atoms with E-state index in [1.54, 1.807) is 6.08 Å². The van der Waals surface area contributed by atoms with Gasteiger partial charge in [0.25, 0.3) is 0 Å². The van der Waals surface area contributed by atoms with Gasteiger partial charge < -0.3 is 5.11 Å². The van der Waals surface area contributed by atoms with Crippen LogP contribution in [0.2, 0.25) is 0 Å². The van der Waals surface area contributed by atoms with Crippen LogP contribution in [0.25, 0.3) is 33.1 Å². The summed E-state index contributed by atoms with van der Waals surface area (Å²) >= 11 is 0. The molecule has 3 aliphatic rings. The summed E-state index contributed by atoms with van der Waals surface area (Å²) < 4.78 is 0. The average molecular weight is 838 g/mol. The number of aryl methyl sites for hydroxylation is 1. The Morgan fingerprint density at radius 3 is 2.00 bits per heavy atom. The van der Waals surface area contributed by atoms with E-state index in [-0.39, 0.29) is 45.2 Å². The first-order valence-corrected chi connectivity index (χ1v) is 18.4. The van der Waals surface area contributed by atoms with Crippen molar-refractivity contribution < 1.29 is 30.0 Å². The summed E-state index contributed by atoms with van der Waals surface area (Å²) in [5, 5.41) is 12.5. The van der Waals surface area contributed by atoms with Crippen molar-refractivity contribution in [1.29, 1.82) is 0 Å². The summed E-state index contributed by atoms with van der Waals surface area (Å²) in [4.78, 5) is 22.1. The van der Waals surface area contributed by atoms with Crippen molar-refractivity contribution in [2.75, 3.05) is 0 Å². The van der Waals surface area contributed by atoms with Crippen LogP contribution in [-0.4, -0.2) is 20.9 Å². The number of carbonyl (C=O) groups excluding carboxylic acids is 1. The van der Waals surface area contributed by atoms with Crippen LogP contribution in [0.1, 0.15) is 122 Å². The number of benzene rings is 3. The van der Waals surface area contributed by atoms with Gasteiger partial charge in [0, 0.05) is 49.4 Å². The Bertz CT molecular complexity index is 1700. The minimum absolute atomic E-state index is 0. The summed E-state index contributed by atoms with van der Waals surface area (Å²) in [6.07, 6.45) is 15.6. The molecule has 1 heterocycles. The van der Waals surface area contributed by atoms with Crippen molar-refractivity contribution in [2.45, 2.75) is 118 Å². The van der Waals surface area contributed by atoms with E-state index in [2.05, 4.69) is 75.4 Å². The maximum absolute atomic E-state index is 12.2. The number of carbonyl (C=O) groups is 1. The fourth-order valence-corrected chi connectivity index (χ4v) is 8.08. The van der Waals surface area contributed by atoms with Crippen LogP contribution in [0, 0.1) is 42.6 Å². The number of fused-ring (bicyclic) bond motifs is 2. The molecule has 1 aromatic heterocycles. The number of rotatable bonds is 5. The predicted octanol–water partition coefficient (Wildman–Crippen LogP) is 12.1. The maximum atomic E-state index is 12.2. The molecule has 1 N–H and O–H groups in total. The Morgan fingerprint density at radius 2 is 1.35 bits per heavy atom. The zero-order valence-corrected chi connectivity index (χ0v) is 31.7. The van der Waals surface area contributed by atoms with E-state index in [4.69, 9.17) is 9.97 Å². The van der Waals surface area contributed by atoms with Crippen molar-refractivity contribution in [3.05, 3.63) is 83.8 Å². The minimum atomic E-state index is 0. The zero-order chi connectivity index (χ0) is 32.9. The number of aromatic nitrogens is 2. The van der Waals surface area contributed by atoms with E-state index in [9.17, 15) is 9.90 Å². The summed E-state index contributed by atoms with van der Waals surface area (Å²) in [6.45, 7) is 8.95. The first-order valence-electron chi connectivity index (χ1n) is 18.4. The zero-order valence-electron chi connectivity index (χ0n) is 29.3. The van der Waals surface area contributed by atoms with Gasteiger partial charge in [0.15, 0.2) is 5.78 Å². The number of aliphatic hydroxyl groups excluding tert-OH is 1. The summed E-state index contributed by atoms with van der Waals surface area (Å²) in [6, 6.07) is 22.6. The minimum Gasteiger partial charge on any atom is -0.512 e. The Kier molecular flexibility index (Phi) is 14.2. The van der Waals surface area contributed by atoms with Crippen molar-refractivity contribution in [2.24, 2.45) is 29.6 Å². The summed E-state index contributed by atoms with van der Waals surface area (Å²) in [7, 11) is 0. The Labute approximate surface area is 309 Å². The van der Waals surface area contributed by atoms with Gasteiger partial charge in [0.2, 0.25) is 0 Å². The first kappa shape index (κ1) is 38.9. The molecule has 0 spiro atoms. The van der Waals surface area contributed by atoms with Gasteiger partial charge in [-0.2, -0.15) is 0 Å². The van der Waals surface area contributed by atoms with E-state index >= 15 is 0 Å². The molecule has 49 heavy (non-hydrogen) atoms. The van der Waals surface area contributed by atoms with E-state index in [1.165, 1.54) is 54.9 Å². The largest absolute Gasteiger partial charge is 0.512 e. The molecule has 0 atom stereocenters. The molecule has 5 heteroatoms. The summed E-state index contributed by atoms with van der Waals surface area (Å²) in [5.74, 6) is 4.01. The molecule has 7 rings (SSSR count). The molecule has 3 aromatic carbocycles.